The molecule has 2 rings (SSSR count). The van der Waals surface area contributed by atoms with Crippen LogP contribution in [0.25, 0.3) is 0 Å². The van der Waals surface area contributed by atoms with Crippen LogP contribution in [0.15, 0.2) is 34.8 Å². The van der Waals surface area contributed by atoms with Gasteiger partial charge in [0.05, 0.1) is 10.6 Å². The van der Waals surface area contributed by atoms with Gasteiger partial charge in [-0.05, 0) is 84.1 Å². The van der Waals surface area contributed by atoms with Gasteiger partial charge in [0.15, 0.2) is 0 Å². The Labute approximate surface area is 128 Å². The highest BCUT2D eigenvalue weighted by atomic mass is 79.9. The molecule has 1 atom stereocenters. The van der Waals surface area contributed by atoms with E-state index in [1.165, 1.54) is 11.1 Å². The van der Waals surface area contributed by atoms with E-state index in [-0.39, 0.29) is 0 Å². The lowest BCUT2D eigenvalue weighted by Crippen LogP contribution is -1.95. The molecule has 0 bridgehead atoms. The van der Waals surface area contributed by atoms with Crippen LogP contribution in [0.4, 0.5) is 0 Å². The Balaban J connectivity index is 2.35. The standard InChI is InChI=1S/C17H19BrO2/c1-10-7-11(2)12(3)17(8-10)20-16-6-5-14(13(4)19)9-15(16)18/h5-9,13,19H,1-4H3/t13-/m1/s1. The van der Waals surface area contributed by atoms with Gasteiger partial charge >= 0.3 is 0 Å². The van der Waals surface area contributed by atoms with Gasteiger partial charge in [0, 0.05) is 0 Å². The third-order valence-electron chi connectivity index (χ3n) is 3.42. The maximum Gasteiger partial charge on any atom is 0.141 e. The van der Waals surface area contributed by atoms with Crippen molar-refractivity contribution < 1.29 is 9.84 Å². The maximum atomic E-state index is 9.58. The molecule has 2 aromatic rings. The van der Waals surface area contributed by atoms with E-state index in [0.29, 0.717) is 0 Å². The number of aliphatic hydroxyl groups is 1. The molecule has 0 aliphatic rings. The molecular formula is C17H19BrO2. The van der Waals surface area contributed by atoms with Gasteiger partial charge in [0.1, 0.15) is 11.5 Å². The van der Waals surface area contributed by atoms with Gasteiger partial charge in [-0.15, -0.1) is 0 Å². The van der Waals surface area contributed by atoms with Crippen molar-refractivity contribution in [2.75, 3.05) is 0 Å². The van der Waals surface area contributed by atoms with Gasteiger partial charge in [0.25, 0.3) is 0 Å². The zero-order chi connectivity index (χ0) is 14.9. The van der Waals surface area contributed by atoms with E-state index < -0.39 is 6.10 Å². The Hall–Kier alpha value is -1.32. The Kier molecular flexibility index (Phi) is 4.51. The van der Waals surface area contributed by atoms with Gasteiger partial charge < -0.3 is 9.84 Å². The first-order chi connectivity index (χ1) is 9.38. The van der Waals surface area contributed by atoms with E-state index >= 15 is 0 Å². The van der Waals surface area contributed by atoms with E-state index in [1.807, 2.05) is 24.3 Å². The van der Waals surface area contributed by atoms with Crippen molar-refractivity contribution in [2.24, 2.45) is 0 Å². The summed E-state index contributed by atoms with van der Waals surface area (Å²) in [5, 5.41) is 9.58. The normalized spacial score (nSPS) is 12.3. The smallest absolute Gasteiger partial charge is 0.141 e. The first-order valence-corrected chi connectivity index (χ1v) is 7.41. The largest absolute Gasteiger partial charge is 0.456 e. The van der Waals surface area contributed by atoms with Crippen LogP contribution in [-0.2, 0) is 0 Å². The third-order valence-corrected chi connectivity index (χ3v) is 4.04. The Morgan fingerprint density at radius 2 is 1.75 bits per heavy atom. The lowest BCUT2D eigenvalue weighted by atomic mass is 10.1. The van der Waals surface area contributed by atoms with Gasteiger partial charge in [-0.2, -0.15) is 0 Å². The molecule has 1 N–H and O–H groups in total. The monoisotopic (exact) mass is 334 g/mol. The van der Waals surface area contributed by atoms with Crippen LogP contribution in [0, 0.1) is 20.8 Å². The SMILES string of the molecule is Cc1cc(C)c(C)c(Oc2ccc([C@@H](C)O)cc2Br)c1. The summed E-state index contributed by atoms with van der Waals surface area (Å²) in [7, 11) is 0. The molecule has 0 spiro atoms. The lowest BCUT2D eigenvalue weighted by molar-refractivity contribution is 0.199. The Morgan fingerprint density at radius 1 is 1.05 bits per heavy atom. The summed E-state index contributed by atoms with van der Waals surface area (Å²) >= 11 is 3.50. The van der Waals surface area contributed by atoms with Crippen molar-refractivity contribution in [2.45, 2.75) is 33.8 Å². The van der Waals surface area contributed by atoms with E-state index in [4.69, 9.17) is 4.74 Å². The van der Waals surface area contributed by atoms with Crippen molar-refractivity contribution in [1.82, 2.24) is 0 Å². The first kappa shape index (κ1) is 15.1. The molecule has 0 unspecified atom stereocenters. The molecule has 0 amide bonds. The fraction of sp³-hybridized carbons (Fsp3) is 0.294. The zero-order valence-electron chi connectivity index (χ0n) is 12.2. The van der Waals surface area contributed by atoms with E-state index in [1.54, 1.807) is 6.92 Å². The fourth-order valence-corrected chi connectivity index (χ4v) is 2.56. The van der Waals surface area contributed by atoms with Crippen LogP contribution in [0.5, 0.6) is 11.5 Å². The number of benzene rings is 2. The molecule has 3 heteroatoms. The van der Waals surface area contributed by atoms with Crippen LogP contribution < -0.4 is 4.74 Å². The first-order valence-electron chi connectivity index (χ1n) is 6.61. The molecule has 0 aliphatic heterocycles. The minimum Gasteiger partial charge on any atom is -0.456 e. The Morgan fingerprint density at radius 3 is 2.35 bits per heavy atom. The second-order valence-corrected chi connectivity index (χ2v) is 6.03. The molecule has 106 valence electrons. The molecule has 0 aliphatic carbocycles. The molecule has 2 nitrogen and oxygen atoms in total. The zero-order valence-corrected chi connectivity index (χ0v) is 13.8. The highest BCUT2D eigenvalue weighted by Gasteiger charge is 2.10. The summed E-state index contributed by atoms with van der Waals surface area (Å²) in [6, 6.07) is 9.83. The highest BCUT2D eigenvalue weighted by Crippen LogP contribution is 2.34. The molecule has 2 aromatic carbocycles. The number of ether oxygens (including phenoxy) is 1. The topological polar surface area (TPSA) is 29.5 Å². The second-order valence-electron chi connectivity index (χ2n) is 5.17. The summed E-state index contributed by atoms with van der Waals surface area (Å²) in [4.78, 5) is 0. The number of hydrogen-bond donors (Lipinski definition) is 1. The molecule has 0 saturated carbocycles. The number of aliphatic hydroxyl groups excluding tert-OH is 1. The molecule has 20 heavy (non-hydrogen) atoms. The summed E-state index contributed by atoms with van der Waals surface area (Å²) in [5.74, 6) is 1.62. The van der Waals surface area contributed by atoms with E-state index in [0.717, 1.165) is 27.1 Å². The number of halogens is 1. The minimum absolute atomic E-state index is 0.483. The van der Waals surface area contributed by atoms with Crippen LogP contribution in [0.2, 0.25) is 0 Å². The van der Waals surface area contributed by atoms with Gasteiger partial charge in [-0.1, -0.05) is 12.1 Å². The number of hydrogen-bond acceptors (Lipinski definition) is 2. The van der Waals surface area contributed by atoms with Crippen LogP contribution in [-0.4, -0.2) is 5.11 Å². The predicted octanol–water partition coefficient (Wildman–Crippen LogP) is 5.22. The summed E-state index contributed by atoms with van der Waals surface area (Å²) in [6.07, 6.45) is -0.483. The van der Waals surface area contributed by atoms with Gasteiger partial charge in [-0.3, -0.25) is 0 Å². The van der Waals surface area contributed by atoms with Crippen molar-refractivity contribution in [1.29, 1.82) is 0 Å². The van der Waals surface area contributed by atoms with E-state index in [9.17, 15) is 5.11 Å². The maximum absolute atomic E-state index is 9.58. The average Bonchev–Trinajstić information content (AvgIpc) is 2.37. The predicted molar refractivity (Wildman–Crippen MR) is 85.5 cm³/mol. The van der Waals surface area contributed by atoms with E-state index in [2.05, 4.69) is 42.8 Å². The number of aryl methyl sites for hydroxylation is 2. The number of rotatable bonds is 3. The van der Waals surface area contributed by atoms with Crippen LogP contribution in [0.1, 0.15) is 35.3 Å². The third kappa shape index (κ3) is 3.22. The average molecular weight is 335 g/mol. The quantitative estimate of drug-likeness (QED) is 0.833. The van der Waals surface area contributed by atoms with Crippen LogP contribution >= 0.6 is 15.9 Å². The fourth-order valence-electron chi connectivity index (χ4n) is 2.08. The highest BCUT2D eigenvalue weighted by molar-refractivity contribution is 9.10. The van der Waals surface area contributed by atoms with Crippen molar-refractivity contribution in [3.63, 3.8) is 0 Å². The minimum atomic E-state index is -0.483. The van der Waals surface area contributed by atoms with Crippen molar-refractivity contribution in [3.05, 3.63) is 57.1 Å². The van der Waals surface area contributed by atoms with Crippen molar-refractivity contribution in [3.8, 4) is 11.5 Å². The van der Waals surface area contributed by atoms with Gasteiger partial charge in [-0.25, -0.2) is 0 Å². The van der Waals surface area contributed by atoms with Crippen molar-refractivity contribution >= 4 is 15.9 Å². The summed E-state index contributed by atoms with van der Waals surface area (Å²) < 4.78 is 6.85. The molecule has 0 aromatic heterocycles. The lowest BCUT2D eigenvalue weighted by Gasteiger charge is -2.14. The molecular weight excluding hydrogens is 316 g/mol. The van der Waals surface area contributed by atoms with Crippen LogP contribution in [0.3, 0.4) is 0 Å². The molecule has 0 fully saturated rings. The molecule has 0 radical (unpaired) electrons. The van der Waals surface area contributed by atoms with Gasteiger partial charge in [0.2, 0.25) is 0 Å². The Bertz CT molecular complexity index is 633. The summed E-state index contributed by atoms with van der Waals surface area (Å²) in [5.41, 5.74) is 4.40. The molecule has 0 heterocycles. The molecule has 0 saturated heterocycles. The summed E-state index contributed by atoms with van der Waals surface area (Å²) in [6.45, 7) is 7.95. The second kappa shape index (κ2) is 5.98.